The van der Waals surface area contributed by atoms with Gasteiger partial charge in [-0.1, -0.05) is 11.6 Å². The molecule has 17 heavy (non-hydrogen) atoms. The van der Waals surface area contributed by atoms with Crippen LogP contribution in [-0.2, 0) is 13.1 Å². The number of aryl methyl sites for hydroxylation is 1. The van der Waals surface area contributed by atoms with E-state index in [0.29, 0.717) is 17.3 Å². The Labute approximate surface area is 103 Å². The van der Waals surface area contributed by atoms with Crippen molar-refractivity contribution in [3.63, 3.8) is 0 Å². The molecule has 0 saturated carbocycles. The van der Waals surface area contributed by atoms with Gasteiger partial charge < -0.3 is 5.32 Å². The Bertz CT molecular complexity index is 512. The lowest BCUT2D eigenvalue weighted by atomic mass is 10.3. The van der Waals surface area contributed by atoms with Gasteiger partial charge in [-0.25, -0.2) is 14.1 Å². The average Bonchev–Trinajstić information content (AvgIpc) is 2.75. The molecule has 0 bridgehead atoms. The van der Waals surface area contributed by atoms with Gasteiger partial charge in [0.2, 0.25) is 0 Å². The maximum absolute atomic E-state index is 12.8. The molecule has 0 atom stereocenters. The number of aromatic nitrogens is 3. The summed E-state index contributed by atoms with van der Waals surface area (Å²) < 4.78 is 14.6. The van der Waals surface area contributed by atoms with Crippen molar-refractivity contribution in [2.45, 2.75) is 20.0 Å². The maximum atomic E-state index is 12.8. The van der Waals surface area contributed by atoms with E-state index >= 15 is 0 Å². The molecule has 0 spiro atoms. The number of hydrogen-bond acceptors (Lipinski definition) is 3. The zero-order valence-electron chi connectivity index (χ0n) is 9.32. The van der Waals surface area contributed by atoms with E-state index in [1.54, 1.807) is 10.7 Å². The minimum absolute atomic E-state index is 0.350. The van der Waals surface area contributed by atoms with Crippen LogP contribution in [0.1, 0.15) is 12.7 Å². The van der Waals surface area contributed by atoms with Gasteiger partial charge in [0, 0.05) is 6.54 Å². The average molecular weight is 255 g/mol. The Balaban J connectivity index is 2.07. The summed E-state index contributed by atoms with van der Waals surface area (Å²) in [6.45, 7) is 3.25. The third kappa shape index (κ3) is 2.74. The number of anilines is 1. The van der Waals surface area contributed by atoms with Gasteiger partial charge >= 0.3 is 0 Å². The number of halogens is 2. The van der Waals surface area contributed by atoms with Gasteiger partial charge in [0.25, 0.3) is 0 Å². The molecule has 0 saturated heterocycles. The van der Waals surface area contributed by atoms with Gasteiger partial charge in [0.15, 0.2) is 0 Å². The van der Waals surface area contributed by atoms with Crippen molar-refractivity contribution >= 4 is 17.3 Å². The van der Waals surface area contributed by atoms with Gasteiger partial charge in [-0.15, -0.1) is 0 Å². The summed E-state index contributed by atoms with van der Waals surface area (Å²) >= 11 is 5.90. The fraction of sp³-hybridized carbons (Fsp3) is 0.273. The van der Waals surface area contributed by atoms with Crippen LogP contribution in [0.25, 0.3) is 0 Å². The molecule has 6 heteroatoms. The van der Waals surface area contributed by atoms with Crippen LogP contribution in [0.15, 0.2) is 24.5 Å². The molecule has 0 aliphatic heterocycles. The van der Waals surface area contributed by atoms with Crippen molar-refractivity contribution < 1.29 is 4.39 Å². The SMILES string of the molecule is CCn1ncnc1CNc1ccc(F)cc1Cl. The quantitative estimate of drug-likeness (QED) is 0.912. The molecule has 0 unspecified atom stereocenters. The predicted molar refractivity (Wildman–Crippen MR) is 64.4 cm³/mol. The smallest absolute Gasteiger partial charge is 0.146 e. The van der Waals surface area contributed by atoms with Gasteiger partial charge in [0.1, 0.15) is 18.0 Å². The van der Waals surface area contributed by atoms with Crippen molar-refractivity contribution in [3.8, 4) is 0 Å². The fourth-order valence-corrected chi connectivity index (χ4v) is 1.73. The molecule has 0 fully saturated rings. The lowest BCUT2D eigenvalue weighted by molar-refractivity contribution is 0.621. The van der Waals surface area contributed by atoms with Crippen LogP contribution in [0.2, 0.25) is 5.02 Å². The van der Waals surface area contributed by atoms with Crippen molar-refractivity contribution in [3.05, 3.63) is 41.2 Å². The third-order valence-electron chi connectivity index (χ3n) is 2.36. The molecule has 0 aliphatic carbocycles. The van der Waals surface area contributed by atoms with Gasteiger partial charge in [-0.2, -0.15) is 5.10 Å². The van der Waals surface area contributed by atoms with Crippen molar-refractivity contribution in [1.82, 2.24) is 14.8 Å². The molecule has 1 aromatic carbocycles. The molecule has 0 aliphatic rings. The molecule has 1 aromatic heterocycles. The standard InChI is InChI=1S/C11H12ClFN4/c1-2-17-11(15-7-16-17)6-14-10-4-3-8(13)5-9(10)12/h3-5,7,14H,2,6H2,1H3. The van der Waals surface area contributed by atoms with E-state index in [1.165, 1.54) is 18.5 Å². The van der Waals surface area contributed by atoms with Crippen LogP contribution in [-0.4, -0.2) is 14.8 Å². The number of hydrogen-bond donors (Lipinski definition) is 1. The van der Waals surface area contributed by atoms with E-state index in [2.05, 4.69) is 15.4 Å². The summed E-state index contributed by atoms with van der Waals surface area (Å²) in [4.78, 5) is 4.12. The molecule has 0 radical (unpaired) electrons. The second-order valence-corrected chi connectivity index (χ2v) is 3.88. The van der Waals surface area contributed by atoms with Crippen LogP contribution in [0.4, 0.5) is 10.1 Å². The Hall–Kier alpha value is -1.62. The first kappa shape index (κ1) is 11.9. The predicted octanol–water partition coefficient (Wildman–Crippen LogP) is 2.70. The molecule has 1 N–H and O–H groups in total. The first-order valence-electron chi connectivity index (χ1n) is 5.26. The Kier molecular flexibility index (Phi) is 3.58. The zero-order chi connectivity index (χ0) is 12.3. The summed E-state index contributed by atoms with van der Waals surface area (Å²) in [5.41, 5.74) is 0.679. The molecule has 90 valence electrons. The van der Waals surface area contributed by atoms with Gasteiger partial charge in [-0.05, 0) is 25.1 Å². The first-order chi connectivity index (χ1) is 8.20. The van der Waals surface area contributed by atoms with Crippen molar-refractivity contribution in [1.29, 1.82) is 0 Å². The van der Waals surface area contributed by atoms with Crippen molar-refractivity contribution in [2.75, 3.05) is 5.32 Å². The van der Waals surface area contributed by atoms with Crippen LogP contribution in [0, 0.1) is 5.82 Å². The van der Waals surface area contributed by atoms with Crippen LogP contribution < -0.4 is 5.32 Å². The summed E-state index contributed by atoms with van der Waals surface area (Å²) in [5, 5.41) is 7.51. The van der Waals surface area contributed by atoms with Gasteiger partial charge in [-0.3, -0.25) is 0 Å². The van der Waals surface area contributed by atoms with E-state index in [0.717, 1.165) is 12.4 Å². The summed E-state index contributed by atoms with van der Waals surface area (Å²) in [7, 11) is 0. The molecule has 2 aromatic rings. The molecular weight excluding hydrogens is 243 g/mol. The van der Waals surface area contributed by atoms with Crippen molar-refractivity contribution in [2.24, 2.45) is 0 Å². The maximum Gasteiger partial charge on any atom is 0.146 e. The number of nitrogens with zero attached hydrogens (tertiary/aromatic N) is 3. The van der Waals surface area contributed by atoms with Gasteiger partial charge in [0.05, 0.1) is 17.3 Å². The Morgan fingerprint density at radius 3 is 3.00 bits per heavy atom. The second-order valence-electron chi connectivity index (χ2n) is 3.47. The number of benzene rings is 1. The largest absolute Gasteiger partial charge is 0.377 e. The molecule has 2 rings (SSSR count). The van der Waals surface area contributed by atoms with Crippen LogP contribution in [0.3, 0.4) is 0 Å². The highest BCUT2D eigenvalue weighted by molar-refractivity contribution is 6.33. The van der Waals surface area contributed by atoms with Crippen LogP contribution in [0.5, 0.6) is 0 Å². The Morgan fingerprint density at radius 1 is 1.47 bits per heavy atom. The summed E-state index contributed by atoms with van der Waals surface area (Å²) in [5.74, 6) is 0.463. The Morgan fingerprint density at radius 2 is 2.29 bits per heavy atom. The molecule has 0 amide bonds. The lowest BCUT2D eigenvalue weighted by Gasteiger charge is -2.08. The highest BCUT2D eigenvalue weighted by Gasteiger charge is 2.05. The van der Waals surface area contributed by atoms with E-state index in [9.17, 15) is 4.39 Å². The van der Waals surface area contributed by atoms with E-state index in [1.807, 2.05) is 6.92 Å². The monoisotopic (exact) mass is 254 g/mol. The summed E-state index contributed by atoms with van der Waals surface area (Å²) in [6.07, 6.45) is 1.51. The first-order valence-corrected chi connectivity index (χ1v) is 5.64. The number of nitrogens with one attached hydrogen (secondary N) is 1. The zero-order valence-corrected chi connectivity index (χ0v) is 10.1. The summed E-state index contributed by atoms with van der Waals surface area (Å²) in [6, 6.07) is 4.23. The minimum Gasteiger partial charge on any atom is -0.377 e. The second kappa shape index (κ2) is 5.14. The molecular formula is C11H12ClFN4. The highest BCUT2D eigenvalue weighted by atomic mass is 35.5. The fourth-order valence-electron chi connectivity index (χ4n) is 1.50. The topological polar surface area (TPSA) is 42.7 Å². The number of rotatable bonds is 4. The minimum atomic E-state index is -0.350. The molecule has 4 nitrogen and oxygen atoms in total. The van der Waals surface area contributed by atoms with E-state index in [-0.39, 0.29) is 5.82 Å². The highest BCUT2D eigenvalue weighted by Crippen LogP contribution is 2.22. The van der Waals surface area contributed by atoms with E-state index in [4.69, 9.17) is 11.6 Å². The van der Waals surface area contributed by atoms with Crippen LogP contribution >= 0.6 is 11.6 Å². The third-order valence-corrected chi connectivity index (χ3v) is 2.68. The lowest BCUT2D eigenvalue weighted by Crippen LogP contribution is -2.09. The molecule has 1 heterocycles. The van der Waals surface area contributed by atoms with E-state index < -0.39 is 0 Å². The normalized spacial score (nSPS) is 10.5.